The molecule has 0 aromatic carbocycles. The van der Waals surface area contributed by atoms with Crippen LogP contribution in [0.15, 0.2) is 11.2 Å². The van der Waals surface area contributed by atoms with Crippen LogP contribution in [0.1, 0.15) is 27.7 Å². The van der Waals surface area contributed by atoms with Crippen LogP contribution in [0.2, 0.25) is 5.15 Å². The summed E-state index contributed by atoms with van der Waals surface area (Å²) in [6, 6.07) is 2.07. The highest BCUT2D eigenvalue weighted by Crippen LogP contribution is 2.24. The van der Waals surface area contributed by atoms with E-state index in [1.807, 2.05) is 6.26 Å². The minimum absolute atomic E-state index is 0.178. The van der Waals surface area contributed by atoms with Gasteiger partial charge in [0.2, 0.25) is 0 Å². The van der Waals surface area contributed by atoms with Gasteiger partial charge in [-0.15, -0.1) is 0 Å². The van der Waals surface area contributed by atoms with Gasteiger partial charge in [0.15, 0.2) is 5.16 Å². The zero-order valence-corrected chi connectivity index (χ0v) is 11.9. The molecule has 3 nitrogen and oxygen atoms in total. The Morgan fingerprint density at radius 1 is 1.38 bits per heavy atom. The lowest BCUT2D eigenvalue weighted by Crippen LogP contribution is -2.31. The first-order valence-electron chi connectivity index (χ1n) is 5.18. The second kappa shape index (κ2) is 5.23. The number of nitrogens with zero attached hydrogens (tertiary/aromatic N) is 2. The number of thioether (sulfide) groups is 1. The van der Waals surface area contributed by atoms with Crippen molar-refractivity contribution in [3.63, 3.8) is 0 Å². The lowest BCUT2D eigenvalue weighted by atomic mass is 9.88. The summed E-state index contributed by atoms with van der Waals surface area (Å²) in [7, 11) is 0. The van der Waals surface area contributed by atoms with Crippen LogP contribution in [-0.4, -0.2) is 22.3 Å². The summed E-state index contributed by atoms with van der Waals surface area (Å²) in [5.41, 5.74) is 0.178. The second-order valence-electron chi connectivity index (χ2n) is 4.79. The molecule has 0 aliphatic rings. The Morgan fingerprint density at radius 3 is 2.50 bits per heavy atom. The molecule has 90 valence electrons. The highest BCUT2D eigenvalue weighted by atomic mass is 35.5. The van der Waals surface area contributed by atoms with Crippen molar-refractivity contribution in [2.24, 2.45) is 5.41 Å². The van der Waals surface area contributed by atoms with Crippen LogP contribution in [0.4, 0.5) is 5.82 Å². The Bertz CT molecular complexity index is 363. The average Bonchev–Trinajstić information content (AvgIpc) is 2.15. The van der Waals surface area contributed by atoms with Crippen molar-refractivity contribution >= 4 is 29.2 Å². The maximum atomic E-state index is 5.92. The normalized spacial score (nSPS) is 13.6. The molecule has 0 bridgehead atoms. The third-order valence-electron chi connectivity index (χ3n) is 2.52. The molecule has 0 aliphatic heterocycles. The first kappa shape index (κ1) is 13.6. The molecule has 0 fully saturated rings. The van der Waals surface area contributed by atoms with Crippen LogP contribution in [-0.2, 0) is 0 Å². The molecule has 1 N–H and O–H groups in total. The van der Waals surface area contributed by atoms with Crippen molar-refractivity contribution in [1.29, 1.82) is 0 Å². The maximum Gasteiger partial charge on any atom is 0.190 e. The molecule has 5 heteroatoms. The van der Waals surface area contributed by atoms with E-state index in [4.69, 9.17) is 11.6 Å². The van der Waals surface area contributed by atoms with Crippen molar-refractivity contribution in [2.45, 2.75) is 38.9 Å². The summed E-state index contributed by atoms with van der Waals surface area (Å²) in [5.74, 6) is 0.784. The Morgan fingerprint density at radius 2 is 2.00 bits per heavy atom. The molecule has 1 aromatic rings. The Balaban J connectivity index is 2.85. The van der Waals surface area contributed by atoms with Gasteiger partial charge in [0.25, 0.3) is 0 Å². The maximum absolute atomic E-state index is 5.92. The van der Waals surface area contributed by atoms with Gasteiger partial charge in [0.05, 0.1) is 0 Å². The lowest BCUT2D eigenvalue weighted by molar-refractivity contribution is 0.358. The summed E-state index contributed by atoms with van der Waals surface area (Å²) in [5, 5.41) is 4.51. The van der Waals surface area contributed by atoms with Crippen LogP contribution in [0.5, 0.6) is 0 Å². The van der Waals surface area contributed by atoms with E-state index in [1.54, 1.807) is 6.07 Å². The molecule has 16 heavy (non-hydrogen) atoms. The molecule has 0 radical (unpaired) electrons. The summed E-state index contributed by atoms with van der Waals surface area (Å²) < 4.78 is 0. The standard InChI is InChI=1S/C11H18ClN3S/c1-7(11(2,3)4)13-9-6-8(12)14-10(15-9)16-5/h6-7H,1-5H3,(H,13,14,15). The second-order valence-corrected chi connectivity index (χ2v) is 5.96. The van der Waals surface area contributed by atoms with Crippen LogP contribution in [0.3, 0.4) is 0 Å². The minimum Gasteiger partial charge on any atom is -0.367 e. The average molecular weight is 260 g/mol. The van der Waals surface area contributed by atoms with Crippen molar-refractivity contribution in [1.82, 2.24) is 9.97 Å². The fourth-order valence-electron chi connectivity index (χ4n) is 1.00. The third kappa shape index (κ3) is 3.83. The van der Waals surface area contributed by atoms with Crippen molar-refractivity contribution < 1.29 is 0 Å². The van der Waals surface area contributed by atoms with Gasteiger partial charge in [-0.2, -0.15) is 0 Å². The van der Waals surface area contributed by atoms with Crippen molar-refractivity contribution in [3.05, 3.63) is 11.2 Å². The van der Waals surface area contributed by atoms with Gasteiger partial charge >= 0.3 is 0 Å². The van der Waals surface area contributed by atoms with Gasteiger partial charge in [-0.1, -0.05) is 44.1 Å². The summed E-state index contributed by atoms with van der Waals surface area (Å²) in [4.78, 5) is 8.46. The van der Waals surface area contributed by atoms with Crippen LogP contribution >= 0.6 is 23.4 Å². The van der Waals surface area contributed by atoms with Crippen molar-refractivity contribution in [2.75, 3.05) is 11.6 Å². The van der Waals surface area contributed by atoms with Gasteiger partial charge in [-0.3, -0.25) is 0 Å². The molecule has 1 unspecified atom stereocenters. The van der Waals surface area contributed by atoms with E-state index in [0.717, 1.165) is 5.82 Å². The first-order valence-corrected chi connectivity index (χ1v) is 6.78. The third-order valence-corrected chi connectivity index (χ3v) is 3.26. The quantitative estimate of drug-likeness (QED) is 0.510. The van der Waals surface area contributed by atoms with Crippen LogP contribution < -0.4 is 5.32 Å². The highest BCUT2D eigenvalue weighted by molar-refractivity contribution is 7.98. The fraction of sp³-hybridized carbons (Fsp3) is 0.636. The molecule has 0 aliphatic carbocycles. The number of halogens is 1. The predicted octanol–water partition coefficient (Wildman–Crippen LogP) is 3.70. The molecule has 1 rings (SSSR count). The molecule has 0 saturated heterocycles. The molecule has 0 saturated carbocycles. The molecule has 0 amide bonds. The first-order chi connectivity index (χ1) is 7.32. The van der Waals surface area contributed by atoms with E-state index in [9.17, 15) is 0 Å². The van der Waals surface area contributed by atoms with Crippen LogP contribution in [0.25, 0.3) is 0 Å². The Kier molecular flexibility index (Phi) is 4.44. The number of hydrogen-bond acceptors (Lipinski definition) is 4. The zero-order valence-electron chi connectivity index (χ0n) is 10.3. The Hall–Kier alpha value is -0.480. The van der Waals surface area contributed by atoms with E-state index < -0.39 is 0 Å². The van der Waals surface area contributed by atoms with Crippen molar-refractivity contribution in [3.8, 4) is 0 Å². The van der Waals surface area contributed by atoms with E-state index in [-0.39, 0.29) is 5.41 Å². The highest BCUT2D eigenvalue weighted by Gasteiger charge is 2.20. The molecule has 1 heterocycles. The molecular weight excluding hydrogens is 242 g/mol. The fourth-order valence-corrected chi connectivity index (χ4v) is 1.61. The molecule has 1 aromatic heterocycles. The molecule has 0 spiro atoms. The minimum atomic E-state index is 0.178. The number of rotatable bonds is 3. The predicted molar refractivity (Wildman–Crippen MR) is 71.4 cm³/mol. The van der Waals surface area contributed by atoms with E-state index in [0.29, 0.717) is 16.4 Å². The monoisotopic (exact) mass is 259 g/mol. The summed E-state index contributed by atoms with van der Waals surface area (Å²) in [6.07, 6.45) is 1.93. The smallest absolute Gasteiger partial charge is 0.190 e. The topological polar surface area (TPSA) is 37.8 Å². The van der Waals surface area contributed by atoms with Gasteiger partial charge in [-0.25, -0.2) is 9.97 Å². The van der Waals surface area contributed by atoms with Gasteiger partial charge < -0.3 is 5.32 Å². The molecular formula is C11H18ClN3S. The SMILES string of the molecule is CSc1nc(Cl)cc(NC(C)C(C)(C)C)n1. The summed E-state index contributed by atoms with van der Waals surface area (Å²) >= 11 is 7.41. The van der Waals surface area contributed by atoms with E-state index >= 15 is 0 Å². The zero-order chi connectivity index (χ0) is 12.3. The van der Waals surface area contributed by atoms with Crippen LogP contribution in [0, 0.1) is 5.41 Å². The van der Waals surface area contributed by atoms with Gasteiger partial charge in [0, 0.05) is 12.1 Å². The number of anilines is 1. The summed E-state index contributed by atoms with van der Waals surface area (Å²) in [6.45, 7) is 8.68. The molecule has 1 atom stereocenters. The Labute approximate surface area is 106 Å². The lowest BCUT2D eigenvalue weighted by Gasteiger charge is -2.28. The van der Waals surface area contributed by atoms with Gasteiger partial charge in [-0.05, 0) is 18.6 Å². The largest absolute Gasteiger partial charge is 0.367 e. The van der Waals surface area contributed by atoms with E-state index in [1.165, 1.54) is 11.8 Å². The number of hydrogen-bond donors (Lipinski definition) is 1. The number of nitrogens with one attached hydrogen (secondary N) is 1. The van der Waals surface area contributed by atoms with E-state index in [2.05, 4.69) is 43.0 Å². The number of aromatic nitrogens is 2. The van der Waals surface area contributed by atoms with Gasteiger partial charge in [0.1, 0.15) is 11.0 Å².